The van der Waals surface area contributed by atoms with Crippen LogP contribution in [0.1, 0.15) is 25.7 Å². The Kier molecular flexibility index (Phi) is 1.50. The van der Waals surface area contributed by atoms with E-state index in [0.29, 0.717) is 12.2 Å². The second-order valence-electron chi connectivity index (χ2n) is 4.67. The first-order valence-electron chi connectivity index (χ1n) is 5.24. The Labute approximate surface area is 73.5 Å². The van der Waals surface area contributed by atoms with Crippen LogP contribution in [0.4, 0.5) is 0 Å². The van der Waals surface area contributed by atoms with Gasteiger partial charge in [0.05, 0.1) is 12.2 Å². The minimum atomic E-state index is 0.622. The molecule has 2 aliphatic heterocycles. The molecule has 0 spiro atoms. The number of rotatable bonds is 2. The van der Waals surface area contributed by atoms with Crippen molar-refractivity contribution in [2.75, 3.05) is 6.54 Å². The van der Waals surface area contributed by atoms with E-state index in [1.165, 1.54) is 25.7 Å². The highest BCUT2D eigenvalue weighted by atomic mass is 16.5. The van der Waals surface area contributed by atoms with Crippen molar-refractivity contribution in [3.05, 3.63) is 0 Å². The third-order valence-corrected chi connectivity index (χ3v) is 3.98. The van der Waals surface area contributed by atoms with Crippen molar-refractivity contribution in [3.8, 4) is 0 Å². The highest BCUT2D eigenvalue weighted by Gasteiger charge is 2.51. The van der Waals surface area contributed by atoms with Crippen LogP contribution < -0.4 is 5.73 Å². The molecule has 2 saturated heterocycles. The maximum absolute atomic E-state index is 5.84. The number of hydrogen-bond donors (Lipinski definition) is 1. The van der Waals surface area contributed by atoms with E-state index in [9.17, 15) is 0 Å². The predicted octanol–water partition coefficient (Wildman–Crippen LogP) is 1.15. The van der Waals surface area contributed by atoms with E-state index >= 15 is 0 Å². The highest BCUT2D eigenvalue weighted by molar-refractivity contribution is 5.01. The first-order chi connectivity index (χ1) is 5.88. The first-order valence-corrected chi connectivity index (χ1v) is 5.24. The van der Waals surface area contributed by atoms with Crippen LogP contribution in [-0.4, -0.2) is 18.8 Å². The second-order valence-corrected chi connectivity index (χ2v) is 4.67. The fourth-order valence-corrected chi connectivity index (χ4v) is 3.19. The van der Waals surface area contributed by atoms with Crippen molar-refractivity contribution in [2.24, 2.45) is 23.5 Å². The molecule has 3 aliphatic rings. The van der Waals surface area contributed by atoms with Crippen LogP contribution in [0.5, 0.6) is 0 Å². The molecule has 2 bridgehead atoms. The zero-order valence-electron chi connectivity index (χ0n) is 7.41. The van der Waals surface area contributed by atoms with Crippen LogP contribution >= 0.6 is 0 Å². The topological polar surface area (TPSA) is 35.2 Å². The summed E-state index contributed by atoms with van der Waals surface area (Å²) in [6.45, 7) is 0.901. The fourth-order valence-electron chi connectivity index (χ4n) is 3.19. The van der Waals surface area contributed by atoms with E-state index in [4.69, 9.17) is 10.5 Å². The van der Waals surface area contributed by atoms with E-state index in [0.717, 1.165) is 24.3 Å². The maximum Gasteiger partial charge on any atom is 0.0611 e. The zero-order valence-corrected chi connectivity index (χ0v) is 7.41. The lowest BCUT2D eigenvalue weighted by atomic mass is 9.85. The molecule has 0 aromatic rings. The van der Waals surface area contributed by atoms with Gasteiger partial charge in [0.15, 0.2) is 0 Å². The SMILES string of the molecule is NC[C@@H]1C[C@H]1C1CC2CCC1O2. The van der Waals surface area contributed by atoms with Crippen LogP contribution in [0.25, 0.3) is 0 Å². The molecule has 2 heteroatoms. The summed E-state index contributed by atoms with van der Waals surface area (Å²) in [7, 11) is 0. The standard InChI is InChI=1S/C10H17NO/c11-5-6-3-8(6)9-4-7-1-2-10(9)12-7/h6-10H,1-5,11H2/t6-,7?,8+,9?,10?/m0/s1. The molecule has 3 fully saturated rings. The summed E-state index contributed by atoms with van der Waals surface area (Å²) in [5, 5.41) is 0. The van der Waals surface area contributed by atoms with Crippen LogP contribution in [-0.2, 0) is 4.74 Å². The molecule has 12 heavy (non-hydrogen) atoms. The third-order valence-electron chi connectivity index (χ3n) is 3.98. The third kappa shape index (κ3) is 0.944. The molecule has 5 atom stereocenters. The van der Waals surface area contributed by atoms with Crippen LogP contribution in [0, 0.1) is 17.8 Å². The number of nitrogens with two attached hydrogens (primary N) is 1. The van der Waals surface area contributed by atoms with Gasteiger partial charge in [0.1, 0.15) is 0 Å². The Morgan fingerprint density at radius 3 is 2.58 bits per heavy atom. The lowest BCUT2D eigenvalue weighted by Gasteiger charge is -2.18. The Morgan fingerprint density at radius 1 is 1.17 bits per heavy atom. The van der Waals surface area contributed by atoms with Crippen molar-refractivity contribution in [1.29, 1.82) is 0 Å². The molecular formula is C10H17NO. The summed E-state index contributed by atoms with van der Waals surface area (Å²) >= 11 is 0. The summed E-state index contributed by atoms with van der Waals surface area (Å²) in [4.78, 5) is 0. The average molecular weight is 167 g/mol. The van der Waals surface area contributed by atoms with Gasteiger partial charge in [0.25, 0.3) is 0 Å². The summed E-state index contributed by atoms with van der Waals surface area (Å²) in [6.07, 6.45) is 6.61. The molecular weight excluding hydrogens is 150 g/mol. The summed E-state index contributed by atoms with van der Waals surface area (Å²) in [5.74, 6) is 2.67. The summed E-state index contributed by atoms with van der Waals surface area (Å²) in [5.41, 5.74) is 5.65. The molecule has 2 heterocycles. The number of hydrogen-bond acceptors (Lipinski definition) is 2. The highest BCUT2D eigenvalue weighted by Crippen LogP contribution is 2.53. The fraction of sp³-hybridized carbons (Fsp3) is 1.00. The van der Waals surface area contributed by atoms with Gasteiger partial charge in [0.2, 0.25) is 0 Å². The average Bonchev–Trinajstić information content (AvgIpc) is 2.59. The molecule has 0 aromatic carbocycles. The molecule has 2 nitrogen and oxygen atoms in total. The minimum Gasteiger partial charge on any atom is -0.375 e. The quantitative estimate of drug-likeness (QED) is 0.669. The Bertz CT molecular complexity index is 194. The maximum atomic E-state index is 5.84. The van der Waals surface area contributed by atoms with Crippen molar-refractivity contribution >= 4 is 0 Å². The summed E-state index contributed by atoms with van der Waals surface area (Å²) < 4.78 is 5.84. The van der Waals surface area contributed by atoms with Crippen LogP contribution in [0.3, 0.4) is 0 Å². The van der Waals surface area contributed by atoms with Gasteiger partial charge in [-0.1, -0.05) is 0 Å². The van der Waals surface area contributed by atoms with Gasteiger partial charge in [-0.3, -0.25) is 0 Å². The van der Waals surface area contributed by atoms with Gasteiger partial charge in [-0.2, -0.15) is 0 Å². The molecule has 68 valence electrons. The van der Waals surface area contributed by atoms with Gasteiger partial charge in [-0.15, -0.1) is 0 Å². The normalized spacial score (nSPS) is 56.2. The van der Waals surface area contributed by atoms with E-state index in [-0.39, 0.29) is 0 Å². The lowest BCUT2D eigenvalue weighted by molar-refractivity contribution is 0.0884. The van der Waals surface area contributed by atoms with Gasteiger partial charge in [0, 0.05) is 0 Å². The molecule has 0 aromatic heterocycles. The largest absolute Gasteiger partial charge is 0.375 e. The lowest BCUT2D eigenvalue weighted by Crippen LogP contribution is -2.20. The summed E-state index contributed by atoms with van der Waals surface area (Å²) in [6, 6.07) is 0. The van der Waals surface area contributed by atoms with Crippen LogP contribution in [0.2, 0.25) is 0 Å². The van der Waals surface area contributed by atoms with E-state index in [2.05, 4.69) is 0 Å². The molecule has 3 unspecified atom stereocenters. The van der Waals surface area contributed by atoms with E-state index in [1.54, 1.807) is 0 Å². The van der Waals surface area contributed by atoms with E-state index < -0.39 is 0 Å². The molecule has 3 rings (SSSR count). The van der Waals surface area contributed by atoms with E-state index in [1.807, 2.05) is 0 Å². The number of ether oxygens (including phenoxy) is 1. The Morgan fingerprint density at radius 2 is 2.08 bits per heavy atom. The zero-order chi connectivity index (χ0) is 8.13. The minimum absolute atomic E-state index is 0.622. The van der Waals surface area contributed by atoms with Gasteiger partial charge >= 0.3 is 0 Å². The van der Waals surface area contributed by atoms with Crippen molar-refractivity contribution in [2.45, 2.75) is 37.9 Å². The molecule has 0 amide bonds. The Hall–Kier alpha value is -0.0800. The number of fused-ring (bicyclic) bond motifs is 2. The van der Waals surface area contributed by atoms with Gasteiger partial charge in [-0.05, 0) is 50.0 Å². The van der Waals surface area contributed by atoms with Crippen molar-refractivity contribution in [1.82, 2.24) is 0 Å². The predicted molar refractivity (Wildman–Crippen MR) is 46.7 cm³/mol. The molecule has 1 aliphatic carbocycles. The van der Waals surface area contributed by atoms with Gasteiger partial charge < -0.3 is 10.5 Å². The first kappa shape index (κ1) is 7.34. The van der Waals surface area contributed by atoms with Gasteiger partial charge in [-0.25, -0.2) is 0 Å². The molecule has 2 N–H and O–H groups in total. The smallest absolute Gasteiger partial charge is 0.0611 e. The second kappa shape index (κ2) is 2.46. The molecule has 1 saturated carbocycles. The monoisotopic (exact) mass is 167 g/mol. The van der Waals surface area contributed by atoms with Crippen molar-refractivity contribution < 1.29 is 4.74 Å². The molecule has 0 radical (unpaired) electrons. The van der Waals surface area contributed by atoms with Crippen LogP contribution in [0.15, 0.2) is 0 Å². The van der Waals surface area contributed by atoms with Crippen molar-refractivity contribution in [3.63, 3.8) is 0 Å². The Balaban J connectivity index is 1.65.